The molecule has 19 heavy (non-hydrogen) atoms. The molecule has 102 valence electrons. The number of hydrogen-bond donors (Lipinski definition) is 2. The molecule has 1 amide bonds. The van der Waals surface area contributed by atoms with Crippen molar-refractivity contribution in [2.75, 3.05) is 31.6 Å². The first-order valence-electron chi connectivity index (χ1n) is 6.89. The van der Waals surface area contributed by atoms with E-state index in [0.29, 0.717) is 6.54 Å². The predicted octanol–water partition coefficient (Wildman–Crippen LogP) is 1.81. The van der Waals surface area contributed by atoms with Crippen LogP contribution in [0.5, 0.6) is 0 Å². The first kappa shape index (κ1) is 12.5. The molecule has 0 aliphatic carbocycles. The minimum absolute atomic E-state index is 0.0153. The van der Waals surface area contributed by atoms with Gasteiger partial charge in [-0.3, -0.25) is 4.79 Å². The number of ether oxygens (including phenoxy) is 1. The largest absolute Gasteiger partial charge is 0.385 e. The Bertz CT molecular complexity index is 495. The number of aryl methyl sites for hydroxylation is 1. The minimum atomic E-state index is 0.0153. The summed E-state index contributed by atoms with van der Waals surface area (Å²) in [6.07, 6.45) is 2.18. The van der Waals surface area contributed by atoms with E-state index in [9.17, 15) is 4.79 Å². The van der Waals surface area contributed by atoms with Crippen molar-refractivity contribution in [3.8, 4) is 0 Å². The molecule has 4 heteroatoms. The fraction of sp³-hybridized carbons (Fsp3) is 0.533. The van der Waals surface area contributed by atoms with Crippen LogP contribution in [0.15, 0.2) is 18.2 Å². The Hall–Kier alpha value is -1.55. The number of benzene rings is 1. The third kappa shape index (κ3) is 2.59. The Kier molecular flexibility index (Phi) is 3.19. The van der Waals surface area contributed by atoms with Crippen molar-refractivity contribution in [3.63, 3.8) is 0 Å². The minimum Gasteiger partial charge on any atom is -0.385 e. The number of anilines is 1. The average Bonchev–Trinajstić information content (AvgIpc) is 2.42. The van der Waals surface area contributed by atoms with Crippen molar-refractivity contribution in [3.05, 3.63) is 29.3 Å². The molecule has 1 aromatic rings. The summed E-state index contributed by atoms with van der Waals surface area (Å²) in [4.78, 5) is 12.1. The Morgan fingerprint density at radius 3 is 3.05 bits per heavy atom. The predicted molar refractivity (Wildman–Crippen MR) is 74.5 cm³/mol. The summed E-state index contributed by atoms with van der Waals surface area (Å²) >= 11 is 0. The number of rotatable bonds is 3. The molecule has 0 bridgehead atoms. The Balaban J connectivity index is 1.66. The van der Waals surface area contributed by atoms with Crippen LogP contribution in [0.25, 0.3) is 0 Å². The normalized spacial score (nSPS) is 19.8. The molecule has 1 saturated heterocycles. The molecule has 1 aromatic carbocycles. The quantitative estimate of drug-likeness (QED) is 0.871. The van der Waals surface area contributed by atoms with E-state index in [0.717, 1.165) is 38.2 Å². The maximum Gasteiger partial charge on any atom is 0.251 e. The van der Waals surface area contributed by atoms with Crippen LogP contribution in [0, 0.1) is 5.41 Å². The zero-order valence-electron chi connectivity index (χ0n) is 11.3. The van der Waals surface area contributed by atoms with E-state index in [4.69, 9.17) is 4.74 Å². The van der Waals surface area contributed by atoms with Crippen LogP contribution in [0.2, 0.25) is 0 Å². The van der Waals surface area contributed by atoms with E-state index < -0.39 is 0 Å². The van der Waals surface area contributed by atoms with Gasteiger partial charge in [-0.15, -0.1) is 0 Å². The molecule has 4 nitrogen and oxygen atoms in total. The summed E-state index contributed by atoms with van der Waals surface area (Å²) in [7, 11) is 0. The average molecular weight is 260 g/mol. The summed E-state index contributed by atoms with van der Waals surface area (Å²) in [5.41, 5.74) is 3.29. The number of nitrogens with one attached hydrogen (secondary N) is 2. The molecule has 0 unspecified atom stereocenters. The number of amides is 1. The van der Waals surface area contributed by atoms with Gasteiger partial charge in [0, 0.05) is 29.8 Å². The molecule has 0 radical (unpaired) electrons. The SMILES string of the molecule is CC1(CNC(=O)c2ccc3c(c2)CCCN3)COC1. The van der Waals surface area contributed by atoms with Crippen LogP contribution in [-0.4, -0.2) is 32.2 Å². The number of carbonyl (C=O) groups is 1. The van der Waals surface area contributed by atoms with Gasteiger partial charge in [-0.05, 0) is 36.6 Å². The fourth-order valence-corrected chi connectivity index (χ4v) is 2.56. The van der Waals surface area contributed by atoms with Crippen molar-refractivity contribution in [2.45, 2.75) is 19.8 Å². The molecular weight excluding hydrogens is 240 g/mol. The van der Waals surface area contributed by atoms with Crippen LogP contribution < -0.4 is 10.6 Å². The molecule has 2 N–H and O–H groups in total. The van der Waals surface area contributed by atoms with E-state index in [-0.39, 0.29) is 11.3 Å². The number of hydrogen-bond acceptors (Lipinski definition) is 3. The highest BCUT2D eigenvalue weighted by atomic mass is 16.5. The molecule has 2 heterocycles. The lowest BCUT2D eigenvalue weighted by Crippen LogP contribution is -2.48. The smallest absolute Gasteiger partial charge is 0.251 e. The Morgan fingerprint density at radius 1 is 1.47 bits per heavy atom. The van der Waals surface area contributed by atoms with Crippen LogP contribution in [0.4, 0.5) is 5.69 Å². The van der Waals surface area contributed by atoms with Gasteiger partial charge in [0.15, 0.2) is 0 Å². The second-order valence-electron chi connectivity index (χ2n) is 5.89. The standard InChI is InChI=1S/C15H20N2O2/c1-15(9-19-10-15)8-17-14(18)12-4-5-13-11(7-12)3-2-6-16-13/h4-5,7,16H,2-3,6,8-10H2,1H3,(H,17,18). The van der Waals surface area contributed by atoms with Gasteiger partial charge in [-0.2, -0.15) is 0 Å². The summed E-state index contributed by atoms with van der Waals surface area (Å²) in [5, 5.41) is 6.36. The van der Waals surface area contributed by atoms with Gasteiger partial charge in [0.1, 0.15) is 0 Å². The molecular formula is C15H20N2O2. The molecule has 0 saturated carbocycles. The van der Waals surface area contributed by atoms with Crippen LogP contribution >= 0.6 is 0 Å². The lowest BCUT2D eigenvalue weighted by molar-refractivity contribution is -0.0978. The van der Waals surface area contributed by atoms with Crippen molar-refractivity contribution in [2.24, 2.45) is 5.41 Å². The molecule has 0 atom stereocenters. The Labute approximate surface area is 113 Å². The zero-order chi connectivity index (χ0) is 13.3. The summed E-state index contributed by atoms with van der Waals surface area (Å²) in [6, 6.07) is 5.92. The molecule has 2 aliphatic rings. The third-order valence-corrected chi connectivity index (χ3v) is 3.88. The highest BCUT2D eigenvalue weighted by molar-refractivity contribution is 5.95. The molecule has 0 aromatic heterocycles. The van der Waals surface area contributed by atoms with Crippen molar-refractivity contribution in [1.82, 2.24) is 5.32 Å². The van der Waals surface area contributed by atoms with Gasteiger partial charge in [0.25, 0.3) is 5.91 Å². The summed E-state index contributed by atoms with van der Waals surface area (Å²) in [6.45, 7) is 5.31. The topological polar surface area (TPSA) is 50.4 Å². The van der Waals surface area contributed by atoms with E-state index >= 15 is 0 Å². The third-order valence-electron chi connectivity index (χ3n) is 3.88. The Morgan fingerprint density at radius 2 is 2.32 bits per heavy atom. The van der Waals surface area contributed by atoms with E-state index in [2.05, 4.69) is 17.6 Å². The van der Waals surface area contributed by atoms with Gasteiger partial charge in [0.2, 0.25) is 0 Å². The maximum absolute atomic E-state index is 12.1. The molecule has 1 fully saturated rings. The highest BCUT2D eigenvalue weighted by Gasteiger charge is 2.33. The monoisotopic (exact) mass is 260 g/mol. The van der Waals surface area contributed by atoms with Gasteiger partial charge >= 0.3 is 0 Å². The van der Waals surface area contributed by atoms with Crippen LogP contribution in [0.1, 0.15) is 29.3 Å². The summed E-state index contributed by atoms with van der Waals surface area (Å²) in [5.74, 6) is 0.0153. The first-order chi connectivity index (χ1) is 9.16. The summed E-state index contributed by atoms with van der Waals surface area (Å²) < 4.78 is 5.19. The van der Waals surface area contributed by atoms with Crippen LogP contribution in [0.3, 0.4) is 0 Å². The van der Waals surface area contributed by atoms with E-state index in [1.807, 2.05) is 18.2 Å². The van der Waals surface area contributed by atoms with E-state index in [1.54, 1.807) is 0 Å². The lowest BCUT2D eigenvalue weighted by Gasteiger charge is -2.38. The van der Waals surface area contributed by atoms with Gasteiger partial charge in [-0.1, -0.05) is 6.92 Å². The second kappa shape index (κ2) is 4.85. The van der Waals surface area contributed by atoms with Gasteiger partial charge in [0.05, 0.1) is 13.2 Å². The number of carbonyl (C=O) groups excluding carboxylic acids is 1. The molecule has 3 rings (SSSR count). The van der Waals surface area contributed by atoms with Crippen molar-refractivity contribution in [1.29, 1.82) is 0 Å². The maximum atomic E-state index is 12.1. The molecule has 2 aliphatic heterocycles. The van der Waals surface area contributed by atoms with Crippen LogP contribution in [-0.2, 0) is 11.2 Å². The van der Waals surface area contributed by atoms with Crippen molar-refractivity contribution < 1.29 is 9.53 Å². The van der Waals surface area contributed by atoms with Gasteiger partial charge < -0.3 is 15.4 Å². The van der Waals surface area contributed by atoms with Crippen molar-refractivity contribution >= 4 is 11.6 Å². The zero-order valence-corrected chi connectivity index (χ0v) is 11.3. The second-order valence-corrected chi connectivity index (χ2v) is 5.89. The van der Waals surface area contributed by atoms with E-state index in [1.165, 1.54) is 11.3 Å². The number of fused-ring (bicyclic) bond motifs is 1. The highest BCUT2D eigenvalue weighted by Crippen LogP contribution is 2.26. The lowest BCUT2D eigenvalue weighted by atomic mass is 9.88. The first-order valence-corrected chi connectivity index (χ1v) is 6.89. The van der Waals surface area contributed by atoms with Gasteiger partial charge in [-0.25, -0.2) is 0 Å². The molecule has 0 spiro atoms. The fourth-order valence-electron chi connectivity index (χ4n) is 2.56.